The van der Waals surface area contributed by atoms with E-state index in [0.717, 1.165) is 0 Å². The summed E-state index contributed by atoms with van der Waals surface area (Å²) in [6.07, 6.45) is -2.92. The first-order valence-electron chi connectivity index (χ1n) is 9.50. The Labute approximate surface area is 194 Å². The Kier molecular flexibility index (Phi) is 5.89. The van der Waals surface area contributed by atoms with Crippen molar-refractivity contribution in [3.63, 3.8) is 0 Å². The van der Waals surface area contributed by atoms with Crippen molar-refractivity contribution in [3.8, 4) is 11.5 Å². The lowest BCUT2D eigenvalue weighted by molar-refractivity contribution is -0.219. The fourth-order valence-corrected chi connectivity index (χ4v) is 4.82. The highest BCUT2D eigenvalue weighted by molar-refractivity contribution is 7.49. The molecule has 174 valence electrons. The predicted molar refractivity (Wildman–Crippen MR) is 112 cm³/mol. The number of ether oxygens (including phenoxy) is 2. The zero-order valence-corrected chi connectivity index (χ0v) is 18.3. The number of H-pyrrole nitrogens is 1. The van der Waals surface area contributed by atoms with E-state index in [4.69, 9.17) is 46.6 Å². The number of aliphatic hydroxyl groups excluding tert-OH is 1. The lowest BCUT2D eigenvalue weighted by Gasteiger charge is -2.41. The second-order valence-corrected chi connectivity index (χ2v) is 9.07. The molecule has 11 nitrogen and oxygen atoms in total. The van der Waals surface area contributed by atoms with Gasteiger partial charge in [0.15, 0.2) is 11.5 Å². The van der Waals surface area contributed by atoms with E-state index in [1.807, 2.05) is 0 Å². The van der Waals surface area contributed by atoms with Gasteiger partial charge in [-0.3, -0.25) is 23.4 Å². The van der Waals surface area contributed by atoms with Crippen molar-refractivity contribution in [1.82, 2.24) is 9.55 Å². The van der Waals surface area contributed by atoms with Gasteiger partial charge in [-0.1, -0.05) is 12.1 Å². The summed E-state index contributed by atoms with van der Waals surface area (Å²) < 4.78 is 68.3. The van der Waals surface area contributed by atoms with Crippen molar-refractivity contribution >= 4 is 31.4 Å². The van der Waals surface area contributed by atoms with Gasteiger partial charge in [0, 0.05) is 12.0 Å². The molecular formula is C17H14B3F2N2O9P. The number of aliphatic hydroxyl groups is 1. The fraction of sp³-hybridized carbons (Fsp3) is 0.412. The van der Waals surface area contributed by atoms with Crippen LogP contribution in [0.4, 0.5) is 8.78 Å². The third kappa shape index (κ3) is 3.93. The molecule has 2 N–H and O–H groups in total. The van der Waals surface area contributed by atoms with Gasteiger partial charge < -0.3 is 19.1 Å². The normalized spacial score (nSPS) is 31.0. The molecular weight excluding hydrogens is 478 g/mol. The number of aromatic nitrogens is 2. The second kappa shape index (κ2) is 8.09. The van der Waals surface area contributed by atoms with Gasteiger partial charge in [0.05, 0.1) is 31.4 Å². The Hall–Kier alpha value is -2.38. The lowest BCUT2D eigenvalue weighted by Crippen LogP contribution is -2.56. The maximum absolute atomic E-state index is 15.8. The van der Waals surface area contributed by atoms with Crippen molar-refractivity contribution in [2.45, 2.75) is 36.0 Å². The highest BCUT2D eigenvalue weighted by Gasteiger charge is 2.63. The highest BCUT2D eigenvalue weighted by Crippen LogP contribution is 2.60. The van der Waals surface area contributed by atoms with Crippen LogP contribution in [0, 0.1) is 5.82 Å². The van der Waals surface area contributed by atoms with Crippen LogP contribution in [0.15, 0.2) is 34.0 Å². The molecule has 17 heteroatoms. The van der Waals surface area contributed by atoms with Gasteiger partial charge in [0.1, 0.15) is 29.2 Å². The van der Waals surface area contributed by atoms with Crippen LogP contribution in [-0.2, 0) is 30.6 Å². The van der Waals surface area contributed by atoms with Gasteiger partial charge in [0.25, 0.3) is 5.56 Å². The molecule has 0 amide bonds. The number of para-hydroxylation sites is 1. The van der Waals surface area contributed by atoms with Crippen LogP contribution >= 0.6 is 7.82 Å². The minimum absolute atomic E-state index is 0.0286. The maximum Gasteiger partial charge on any atom is 0.529 e. The minimum atomic E-state index is -4.71. The summed E-state index contributed by atoms with van der Waals surface area (Å²) in [4.78, 5) is 25.0. The quantitative estimate of drug-likeness (QED) is 0.424. The Bertz CT molecular complexity index is 1290. The molecule has 1 saturated heterocycles. The fourth-order valence-electron chi connectivity index (χ4n) is 3.44. The number of fused-ring (bicyclic) bond motifs is 1. The number of methoxy groups -OCH3 is 1. The highest BCUT2D eigenvalue weighted by atomic mass is 31.2. The number of halogens is 2. The number of hydrogen-bond donors (Lipinski definition) is 2. The van der Waals surface area contributed by atoms with E-state index in [-0.39, 0.29) is 22.7 Å². The first-order chi connectivity index (χ1) is 15.7. The molecule has 1 unspecified atom stereocenters. The zero-order chi connectivity index (χ0) is 25.1. The van der Waals surface area contributed by atoms with Crippen LogP contribution in [0.3, 0.4) is 0 Å². The molecule has 2 aromatic rings. The number of aromatic amines is 1. The summed E-state index contributed by atoms with van der Waals surface area (Å²) in [7, 11) is 13.9. The Balaban J connectivity index is 1.64. The van der Waals surface area contributed by atoms with E-state index in [1.165, 1.54) is 13.2 Å². The van der Waals surface area contributed by atoms with Crippen LogP contribution < -0.4 is 20.5 Å². The van der Waals surface area contributed by atoms with Crippen LogP contribution in [0.1, 0.15) is 12.0 Å². The van der Waals surface area contributed by atoms with Crippen molar-refractivity contribution in [3.05, 3.63) is 56.6 Å². The van der Waals surface area contributed by atoms with Gasteiger partial charge in [-0.25, -0.2) is 13.8 Å². The molecule has 2 aliphatic rings. The largest absolute Gasteiger partial charge is 0.529 e. The van der Waals surface area contributed by atoms with E-state index in [9.17, 15) is 23.7 Å². The number of rotatable bonds is 5. The van der Waals surface area contributed by atoms with Crippen LogP contribution in [0.2, 0.25) is 0 Å². The average Bonchev–Trinajstić information content (AvgIpc) is 3.00. The molecule has 34 heavy (non-hydrogen) atoms. The number of phosphoric acid groups is 1. The molecule has 1 fully saturated rings. The number of benzene rings is 1. The molecule has 4 rings (SSSR count). The van der Waals surface area contributed by atoms with E-state index in [2.05, 4.69) is 0 Å². The Morgan fingerprint density at radius 1 is 1.38 bits per heavy atom. The smallest absolute Gasteiger partial charge is 0.493 e. The van der Waals surface area contributed by atoms with Gasteiger partial charge >= 0.3 is 13.5 Å². The topological polar surface area (TPSA) is 138 Å². The lowest BCUT2D eigenvalue weighted by atomic mass is 9.60. The molecule has 0 saturated carbocycles. The molecule has 6 radical (unpaired) electrons. The van der Waals surface area contributed by atoms with Gasteiger partial charge in [-0.05, 0) is 6.07 Å². The number of nitrogens with zero attached hydrogens (tertiary/aromatic N) is 1. The zero-order valence-electron chi connectivity index (χ0n) is 17.4. The summed E-state index contributed by atoms with van der Waals surface area (Å²) >= 11 is 0. The standard InChI is InChI=1S/C17H14B3F2N2O9P/c1-29-10-4-2-3-8-7-30-34(28,31-12(8)10)33-17(19,20)15(22)5-11(25)16(18,32-15)24-6-9(21)13(26)23-14(24)27/h2-4,6,11,25H,5,7H2,1H3,(H,23,26,27)/t11-,15+,16+,34?/m1/s1. The Morgan fingerprint density at radius 2 is 2.09 bits per heavy atom. The van der Waals surface area contributed by atoms with E-state index in [0.29, 0.717) is 11.8 Å². The number of hydrogen-bond acceptors (Lipinski definition) is 9. The van der Waals surface area contributed by atoms with E-state index >= 15 is 4.39 Å². The van der Waals surface area contributed by atoms with Crippen molar-refractivity contribution < 1.29 is 41.5 Å². The van der Waals surface area contributed by atoms with Gasteiger partial charge in [-0.2, -0.15) is 4.39 Å². The molecule has 0 spiro atoms. The third-order valence-electron chi connectivity index (χ3n) is 5.24. The van der Waals surface area contributed by atoms with Gasteiger partial charge in [-0.15, -0.1) is 0 Å². The summed E-state index contributed by atoms with van der Waals surface area (Å²) in [5.74, 6) is -4.79. The van der Waals surface area contributed by atoms with Crippen molar-refractivity contribution in [1.29, 1.82) is 0 Å². The SMILES string of the molecule is [B]C([B])(OP1(=O)OCc2cccc(OC)c2O1)[C@]1(F)C[C@@H](O)[C@]([B])(n2cc(F)c(=O)[nH]c2=O)O1. The van der Waals surface area contributed by atoms with Gasteiger partial charge in [0.2, 0.25) is 11.7 Å². The van der Waals surface area contributed by atoms with Crippen molar-refractivity contribution in [2.75, 3.05) is 7.11 Å². The predicted octanol–water partition coefficient (Wildman–Crippen LogP) is -0.365. The second-order valence-electron chi connectivity index (χ2n) is 7.55. The first-order valence-corrected chi connectivity index (χ1v) is 11.0. The first kappa shape index (κ1) is 24.7. The third-order valence-corrected chi connectivity index (χ3v) is 6.62. The summed E-state index contributed by atoms with van der Waals surface area (Å²) in [5.41, 5.74) is -5.10. The molecule has 0 bridgehead atoms. The average molecular weight is 492 g/mol. The van der Waals surface area contributed by atoms with Crippen LogP contribution in [0.5, 0.6) is 11.5 Å². The van der Waals surface area contributed by atoms with Crippen LogP contribution in [-0.4, -0.2) is 62.7 Å². The number of phosphoric ester groups is 1. The minimum Gasteiger partial charge on any atom is -0.493 e. The van der Waals surface area contributed by atoms with E-state index < -0.39 is 54.3 Å². The molecule has 1 aromatic carbocycles. The van der Waals surface area contributed by atoms with Crippen LogP contribution in [0.25, 0.3) is 0 Å². The summed E-state index contributed by atoms with van der Waals surface area (Å²) in [5, 5.41) is 7.22. The number of nitrogens with one attached hydrogen (secondary N) is 1. The molecule has 1 aromatic heterocycles. The van der Waals surface area contributed by atoms with E-state index in [1.54, 1.807) is 17.1 Å². The monoisotopic (exact) mass is 492 g/mol. The molecule has 2 aliphatic heterocycles. The summed E-state index contributed by atoms with van der Waals surface area (Å²) in [6, 6.07) is 4.68. The summed E-state index contributed by atoms with van der Waals surface area (Å²) in [6.45, 7) is -0.310. The maximum atomic E-state index is 15.8. The molecule has 0 aliphatic carbocycles. The molecule has 4 atom stereocenters. The molecule has 3 heterocycles. The number of alkyl halides is 1. The Morgan fingerprint density at radius 3 is 2.76 bits per heavy atom. The van der Waals surface area contributed by atoms with Crippen molar-refractivity contribution in [2.24, 2.45) is 0 Å².